The van der Waals surface area contributed by atoms with E-state index in [1.54, 1.807) is 0 Å². The molecule has 0 bridgehead atoms. The second-order valence-electron chi connectivity index (χ2n) is 2.75. The molecule has 1 heterocycles. The number of carbonyl (C=O) groups excluding carboxylic acids is 2. The van der Waals surface area contributed by atoms with Gasteiger partial charge in [-0.2, -0.15) is 0 Å². The Balaban J connectivity index is 2.61. The SMILES string of the molecule is O=C(O)CCC(=O)C(=O)c1ccc(Cl)s1. The van der Waals surface area contributed by atoms with Crippen LogP contribution in [0.4, 0.5) is 0 Å². The quantitative estimate of drug-likeness (QED) is 0.637. The lowest BCUT2D eigenvalue weighted by molar-refractivity contribution is -0.138. The van der Waals surface area contributed by atoms with E-state index in [4.69, 9.17) is 16.7 Å². The van der Waals surface area contributed by atoms with Crippen molar-refractivity contribution in [3.05, 3.63) is 21.3 Å². The third-order valence-corrected chi connectivity index (χ3v) is 2.85. The van der Waals surface area contributed by atoms with Gasteiger partial charge in [0.05, 0.1) is 15.6 Å². The summed E-state index contributed by atoms with van der Waals surface area (Å²) in [4.78, 5) is 33.0. The van der Waals surface area contributed by atoms with E-state index in [2.05, 4.69) is 0 Å². The van der Waals surface area contributed by atoms with Gasteiger partial charge < -0.3 is 5.11 Å². The molecule has 6 heteroatoms. The van der Waals surface area contributed by atoms with E-state index >= 15 is 0 Å². The molecule has 0 saturated heterocycles. The normalized spacial score (nSPS) is 9.93. The van der Waals surface area contributed by atoms with Gasteiger partial charge in [0.2, 0.25) is 11.6 Å². The van der Waals surface area contributed by atoms with Gasteiger partial charge in [-0.1, -0.05) is 11.6 Å². The van der Waals surface area contributed by atoms with E-state index in [-0.39, 0.29) is 17.7 Å². The maximum atomic E-state index is 11.4. The number of Topliss-reactive ketones (excluding diaryl/α,β-unsaturated/α-hetero) is 2. The lowest BCUT2D eigenvalue weighted by atomic mass is 10.1. The Labute approximate surface area is 94.5 Å². The zero-order valence-corrected chi connectivity index (χ0v) is 9.10. The van der Waals surface area contributed by atoms with Crippen LogP contribution in [0.2, 0.25) is 4.34 Å². The minimum Gasteiger partial charge on any atom is -0.481 e. The summed E-state index contributed by atoms with van der Waals surface area (Å²) >= 11 is 6.60. The summed E-state index contributed by atoms with van der Waals surface area (Å²) in [5.74, 6) is -2.47. The molecule has 4 nitrogen and oxygen atoms in total. The first-order valence-electron chi connectivity index (χ1n) is 4.05. The summed E-state index contributed by atoms with van der Waals surface area (Å²) in [6.45, 7) is 0. The Morgan fingerprint density at radius 1 is 1.27 bits per heavy atom. The zero-order valence-electron chi connectivity index (χ0n) is 7.53. The van der Waals surface area contributed by atoms with E-state index in [1.807, 2.05) is 0 Å². The van der Waals surface area contributed by atoms with Crippen LogP contribution in [0, 0.1) is 0 Å². The molecule has 0 spiro atoms. The van der Waals surface area contributed by atoms with Crippen molar-refractivity contribution in [3.63, 3.8) is 0 Å². The lowest BCUT2D eigenvalue weighted by Crippen LogP contribution is -2.14. The Hall–Kier alpha value is -1.20. The van der Waals surface area contributed by atoms with E-state index in [0.717, 1.165) is 11.3 Å². The zero-order chi connectivity index (χ0) is 11.4. The number of ketones is 2. The third-order valence-electron chi connectivity index (χ3n) is 1.62. The molecular formula is C9H7ClO4S. The summed E-state index contributed by atoms with van der Waals surface area (Å²) < 4.78 is 0.421. The second-order valence-corrected chi connectivity index (χ2v) is 4.46. The van der Waals surface area contributed by atoms with E-state index in [9.17, 15) is 14.4 Å². The third kappa shape index (κ3) is 3.45. The highest BCUT2D eigenvalue weighted by Gasteiger charge is 2.18. The van der Waals surface area contributed by atoms with Crippen molar-refractivity contribution in [1.82, 2.24) is 0 Å². The summed E-state index contributed by atoms with van der Waals surface area (Å²) in [7, 11) is 0. The molecule has 0 aromatic carbocycles. The van der Waals surface area contributed by atoms with Crippen molar-refractivity contribution >= 4 is 40.5 Å². The van der Waals surface area contributed by atoms with E-state index < -0.39 is 17.5 Å². The van der Waals surface area contributed by atoms with Crippen LogP contribution in [-0.2, 0) is 9.59 Å². The van der Waals surface area contributed by atoms with Crippen molar-refractivity contribution < 1.29 is 19.5 Å². The molecule has 1 N–H and O–H groups in total. The fourth-order valence-electron chi connectivity index (χ4n) is 0.908. The first-order valence-corrected chi connectivity index (χ1v) is 5.25. The molecule has 80 valence electrons. The second kappa shape index (κ2) is 5.04. The monoisotopic (exact) mass is 246 g/mol. The molecule has 0 aliphatic heterocycles. The number of hydrogen-bond donors (Lipinski definition) is 1. The number of rotatable bonds is 5. The molecule has 0 aliphatic rings. The minimum atomic E-state index is -1.10. The maximum absolute atomic E-state index is 11.4. The summed E-state index contributed by atoms with van der Waals surface area (Å²) in [5, 5.41) is 8.34. The molecule has 0 atom stereocenters. The van der Waals surface area contributed by atoms with Gasteiger partial charge >= 0.3 is 5.97 Å². The Morgan fingerprint density at radius 2 is 1.93 bits per heavy atom. The highest BCUT2D eigenvalue weighted by atomic mass is 35.5. The van der Waals surface area contributed by atoms with Crippen LogP contribution in [0.3, 0.4) is 0 Å². The van der Waals surface area contributed by atoms with Gasteiger partial charge in [0.1, 0.15) is 0 Å². The molecule has 0 fully saturated rings. The number of carbonyl (C=O) groups is 3. The standard InChI is InChI=1S/C9H7ClO4S/c10-7-3-2-6(15-7)9(14)5(11)1-4-8(12)13/h2-3H,1,4H2,(H,12,13). The first-order chi connectivity index (χ1) is 7.00. The van der Waals surface area contributed by atoms with Crippen molar-refractivity contribution in [2.75, 3.05) is 0 Å². The van der Waals surface area contributed by atoms with Crippen LogP contribution >= 0.6 is 22.9 Å². The molecule has 1 aromatic heterocycles. The molecule has 0 saturated carbocycles. The number of hydrogen-bond acceptors (Lipinski definition) is 4. The summed E-state index contributed by atoms with van der Waals surface area (Å²) in [6, 6.07) is 2.97. The first kappa shape index (κ1) is 11.9. The Morgan fingerprint density at radius 3 is 2.40 bits per heavy atom. The van der Waals surface area contributed by atoms with Gasteiger partial charge in [-0.3, -0.25) is 14.4 Å². The van der Waals surface area contributed by atoms with Gasteiger partial charge in [-0.15, -0.1) is 11.3 Å². The minimum absolute atomic E-state index is 0.246. The van der Waals surface area contributed by atoms with Crippen LogP contribution in [0.15, 0.2) is 12.1 Å². The van der Waals surface area contributed by atoms with Crippen molar-refractivity contribution in [2.45, 2.75) is 12.8 Å². The molecular weight excluding hydrogens is 240 g/mol. The van der Waals surface area contributed by atoms with Crippen LogP contribution in [0.5, 0.6) is 0 Å². The number of halogens is 1. The Kier molecular flexibility index (Phi) is 3.99. The maximum Gasteiger partial charge on any atom is 0.303 e. The Bertz CT molecular complexity index is 410. The lowest BCUT2D eigenvalue weighted by Gasteiger charge is -1.94. The average molecular weight is 247 g/mol. The molecule has 0 unspecified atom stereocenters. The fraction of sp³-hybridized carbons (Fsp3) is 0.222. The van der Waals surface area contributed by atoms with Gasteiger partial charge in [0.25, 0.3) is 0 Å². The molecule has 0 aliphatic carbocycles. The van der Waals surface area contributed by atoms with Crippen LogP contribution in [0.1, 0.15) is 22.5 Å². The van der Waals surface area contributed by atoms with Crippen molar-refractivity contribution in [2.24, 2.45) is 0 Å². The van der Waals surface area contributed by atoms with Crippen LogP contribution < -0.4 is 0 Å². The summed E-state index contributed by atoms with van der Waals surface area (Å²) in [5.41, 5.74) is 0. The number of carboxylic acids is 1. The fourth-order valence-corrected chi connectivity index (χ4v) is 1.91. The van der Waals surface area contributed by atoms with E-state index in [0.29, 0.717) is 4.34 Å². The average Bonchev–Trinajstić information content (AvgIpc) is 2.60. The highest BCUT2D eigenvalue weighted by molar-refractivity contribution is 7.18. The largest absolute Gasteiger partial charge is 0.481 e. The van der Waals surface area contributed by atoms with E-state index in [1.165, 1.54) is 12.1 Å². The summed E-state index contributed by atoms with van der Waals surface area (Å²) in [6.07, 6.45) is -0.604. The number of carboxylic acid groups (broad SMARTS) is 1. The molecule has 15 heavy (non-hydrogen) atoms. The molecule has 0 amide bonds. The molecule has 1 rings (SSSR count). The molecule has 0 radical (unpaired) electrons. The van der Waals surface area contributed by atoms with Crippen LogP contribution in [-0.4, -0.2) is 22.6 Å². The highest BCUT2D eigenvalue weighted by Crippen LogP contribution is 2.22. The van der Waals surface area contributed by atoms with Crippen LogP contribution in [0.25, 0.3) is 0 Å². The topological polar surface area (TPSA) is 71.4 Å². The van der Waals surface area contributed by atoms with Gasteiger partial charge in [-0.05, 0) is 12.1 Å². The predicted octanol–water partition coefficient (Wildman–Crippen LogP) is 2.02. The van der Waals surface area contributed by atoms with Crippen molar-refractivity contribution in [1.29, 1.82) is 0 Å². The van der Waals surface area contributed by atoms with Gasteiger partial charge in [-0.25, -0.2) is 0 Å². The number of thiophene rings is 1. The predicted molar refractivity (Wildman–Crippen MR) is 55.5 cm³/mol. The number of aliphatic carboxylic acids is 1. The molecule has 1 aromatic rings. The van der Waals surface area contributed by atoms with Gasteiger partial charge in [0.15, 0.2) is 0 Å². The smallest absolute Gasteiger partial charge is 0.303 e. The van der Waals surface area contributed by atoms with Gasteiger partial charge in [0, 0.05) is 6.42 Å². The van der Waals surface area contributed by atoms with Crippen molar-refractivity contribution in [3.8, 4) is 0 Å².